The van der Waals surface area contributed by atoms with Gasteiger partial charge in [0, 0.05) is 0 Å². The van der Waals surface area contributed by atoms with E-state index in [4.69, 9.17) is 10.00 Å². The average Bonchev–Trinajstić information content (AvgIpc) is 3.07. The Morgan fingerprint density at radius 3 is 2.75 bits per heavy atom. The van der Waals surface area contributed by atoms with Crippen LogP contribution in [0, 0.1) is 11.3 Å². The van der Waals surface area contributed by atoms with E-state index in [2.05, 4.69) is 5.32 Å². The summed E-state index contributed by atoms with van der Waals surface area (Å²) in [5, 5.41) is 11.6. The highest BCUT2D eigenvalue weighted by molar-refractivity contribution is 5.96. The molecule has 24 heavy (non-hydrogen) atoms. The minimum absolute atomic E-state index is 0.357. The molecule has 1 amide bonds. The van der Waals surface area contributed by atoms with Crippen LogP contribution >= 0.6 is 0 Å². The first-order valence-electron chi connectivity index (χ1n) is 7.75. The van der Waals surface area contributed by atoms with E-state index < -0.39 is 18.5 Å². The second-order valence-corrected chi connectivity index (χ2v) is 5.62. The number of benzene rings is 2. The topological polar surface area (TPSA) is 79.2 Å². The summed E-state index contributed by atoms with van der Waals surface area (Å²) in [7, 11) is 0. The molecule has 1 aliphatic carbocycles. The number of carbonyl (C=O) groups excluding carboxylic acids is 2. The predicted molar refractivity (Wildman–Crippen MR) is 88.5 cm³/mol. The standard InChI is InChI=1S/C19H16N2O3/c20-11-16-4-1-2-7-17(16)21-18(22)12-24-19(23)15-9-8-13-5-3-6-14(13)10-15/h1-2,4,7-10H,3,5-6,12H2,(H,21,22). The van der Waals surface area contributed by atoms with Crippen LogP contribution in [0.25, 0.3) is 0 Å². The lowest BCUT2D eigenvalue weighted by Gasteiger charge is -2.08. The summed E-state index contributed by atoms with van der Waals surface area (Å²) in [5.74, 6) is -0.999. The highest BCUT2D eigenvalue weighted by Gasteiger charge is 2.16. The van der Waals surface area contributed by atoms with Crippen molar-refractivity contribution in [3.8, 4) is 6.07 Å². The number of hydrogen-bond donors (Lipinski definition) is 1. The van der Waals surface area contributed by atoms with Gasteiger partial charge in [-0.1, -0.05) is 18.2 Å². The molecular formula is C19H16N2O3. The minimum Gasteiger partial charge on any atom is -0.452 e. The average molecular weight is 320 g/mol. The van der Waals surface area contributed by atoms with Crippen LogP contribution in [0.2, 0.25) is 0 Å². The van der Waals surface area contributed by atoms with E-state index >= 15 is 0 Å². The van der Waals surface area contributed by atoms with Crippen LogP contribution in [-0.2, 0) is 22.4 Å². The molecule has 0 aromatic heterocycles. The maximum Gasteiger partial charge on any atom is 0.338 e. The Morgan fingerprint density at radius 2 is 1.92 bits per heavy atom. The van der Waals surface area contributed by atoms with Crippen LogP contribution in [0.3, 0.4) is 0 Å². The number of amides is 1. The van der Waals surface area contributed by atoms with Gasteiger partial charge < -0.3 is 10.1 Å². The number of rotatable bonds is 4. The van der Waals surface area contributed by atoms with Crippen molar-refractivity contribution in [1.82, 2.24) is 0 Å². The number of fused-ring (bicyclic) bond motifs is 1. The zero-order valence-electron chi connectivity index (χ0n) is 13.0. The molecule has 0 aliphatic heterocycles. The molecule has 0 saturated heterocycles. The third kappa shape index (κ3) is 3.44. The van der Waals surface area contributed by atoms with E-state index in [9.17, 15) is 9.59 Å². The molecule has 5 heteroatoms. The Balaban J connectivity index is 1.58. The minimum atomic E-state index is -0.520. The van der Waals surface area contributed by atoms with Crippen molar-refractivity contribution >= 4 is 17.6 Å². The Hall–Kier alpha value is -3.13. The molecule has 1 N–H and O–H groups in total. The highest BCUT2D eigenvalue weighted by atomic mass is 16.5. The zero-order chi connectivity index (χ0) is 16.9. The molecular weight excluding hydrogens is 304 g/mol. The number of nitriles is 1. The largest absolute Gasteiger partial charge is 0.452 e. The number of anilines is 1. The van der Waals surface area contributed by atoms with Gasteiger partial charge in [0.25, 0.3) is 5.91 Å². The first-order chi connectivity index (χ1) is 11.7. The van der Waals surface area contributed by atoms with E-state index in [-0.39, 0.29) is 0 Å². The summed E-state index contributed by atoms with van der Waals surface area (Å²) in [6, 6.07) is 14.2. The zero-order valence-corrected chi connectivity index (χ0v) is 13.0. The fraction of sp³-hybridized carbons (Fsp3) is 0.211. The molecule has 3 rings (SSSR count). The molecule has 0 saturated carbocycles. The monoisotopic (exact) mass is 320 g/mol. The van der Waals surface area contributed by atoms with Crippen molar-refractivity contribution in [1.29, 1.82) is 5.26 Å². The van der Waals surface area contributed by atoms with Crippen molar-refractivity contribution in [2.45, 2.75) is 19.3 Å². The number of esters is 1. The molecule has 0 spiro atoms. The summed E-state index contributed by atoms with van der Waals surface area (Å²) >= 11 is 0. The van der Waals surface area contributed by atoms with E-state index in [0.717, 1.165) is 19.3 Å². The third-order valence-corrected chi connectivity index (χ3v) is 3.99. The van der Waals surface area contributed by atoms with E-state index in [1.54, 1.807) is 30.3 Å². The second kappa shape index (κ2) is 6.97. The van der Waals surface area contributed by atoms with Gasteiger partial charge in [0.1, 0.15) is 6.07 Å². The van der Waals surface area contributed by atoms with Gasteiger partial charge in [-0.3, -0.25) is 4.79 Å². The van der Waals surface area contributed by atoms with Crippen molar-refractivity contribution in [2.75, 3.05) is 11.9 Å². The molecule has 0 fully saturated rings. The maximum atomic E-state index is 12.1. The second-order valence-electron chi connectivity index (χ2n) is 5.62. The lowest BCUT2D eigenvalue weighted by molar-refractivity contribution is -0.119. The lowest BCUT2D eigenvalue weighted by atomic mass is 10.1. The number of nitrogens with zero attached hydrogens (tertiary/aromatic N) is 1. The Labute approximate surface area is 139 Å². The van der Waals surface area contributed by atoms with E-state index in [0.29, 0.717) is 16.8 Å². The summed E-state index contributed by atoms with van der Waals surface area (Å²) in [5.41, 5.74) is 3.67. The Kier molecular flexibility index (Phi) is 4.57. The summed E-state index contributed by atoms with van der Waals surface area (Å²) in [4.78, 5) is 24.0. The number of hydrogen-bond acceptors (Lipinski definition) is 4. The summed E-state index contributed by atoms with van der Waals surface area (Å²) in [6.45, 7) is -0.393. The third-order valence-electron chi connectivity index (χ3n) is 3.99. The summed E-state index contributed by atoms with van der Waals surface area (Å²) < 4.78 is 5.06. The molecule has 0 bridgehead atoms. The van der Waals surface area contributed by atoms with Crippen LogP contribution < -0.4 is 5.32 Å². The highest BCUT2D eigenvalue weighted by Crippen LogP contribution is 2.23. The van der Waals surface area contributed by atoms with Gasteiger partial charge >= 0.3 is 5.97 Å². The van der Waals surface area contributed by atoms with Crippen LogP contribution in [0.5, 0.6) is 0 Å². The summed E-state index contributed by atoms with van der Waals surface area (Å²) in [6.07, 6.45) is 3.13. The van der Waals surface area contributed by atoms with Crippen LogP contribution in [0.15, 0.2) is 42.5 Å². The van der Waals surface area contributed by atoms with Crippen LogP contribution in [-0.4, -0.2) is 18.5 Å². The molecule has 1 aliphatic rings. The van der Waals surface area contributed by atoms with E-state index in [1.807, 2.05) is 18.2 Å². The van der Waals surface area contributed by atoms with Crippen LogP contribution in [0.4, 0.5) is 5.69 Å². The number of para-hydroxylation sites is 1. The number of nitrogens with one attached hydrogen (secondary N) is 1. The number of aryl methyl sites for hydroxylation is 2. The normalized spacial score (nSPS) is 12.1. The van der Waals surface area contributed by atoms with Crippen molar-refractivity contribution in [3.63, 3.8) is 0 Å². The molecule has 2 aromatic carbocycles. The number of ether oxygens (including phenoxy) is 1. The Morgan fingerprint density at radius 1 is 1.12 bits per heavy atom. The fourth-order valence-electron chi connectivity index (χ4n) is 2.79. The molecule has 120 valence electrons. The van der Waals surface area contributed by atoms with Gasteiger partial charge in [-0.2, -0.15) is 5.26 Å². The molecule has 2 aromatic rings. The molecule has 0 radical (unpaired) electrons. The lowest BCUT2D eigenvalue weighted by Crippen LogP contribution is -2.21. The fourth-order valence-corrected chi connectivity index (χ4v) is 2.79. The van der Waals surface area contributed by atoms with E-state index in [1.165, 1.54) is 11.1 Å². The van der Waals surface area contributed by atoms with Gasteiger partial charge in [-0.05, 0) is 54.7 Å². The Bertz CT molecular complexity index is 837. The van der Waals surface area contributed by atoms with Gasteiger partial charge in [-0.15, -0.1) is 0 Å². The molecule has 0 atom stereocenters. The maximum absolute atomic E-state index is 12.1. The van der Waals surface area contributed by atoms with Crippen molar-refractivity contribution < 1.29 is 14.3 Å². The quantitative estimate of drug-likeness (QED) is 0.879. The first-order valence-corrected chi connectivity index (χ1v) is 7.75. The molecule has 0 unspecified atom stereocenters. The SMILES string of the molecule is N#Cc1ccccc1NC(=O)COC(=O)c1ccc2c(c1)CCC2. The molecule has 5 nitrogen and oxygen atoms in total. The van der Waals surface area contributed by atoms with Crippen molar-refractivity contribution in [3.05, 3.63) is 64.7 Å². The smallest absolute Gasteiger partial charge is 0.338 e. The van der Waals surface area contributed by atoms with Gasteiger partial charge in [-0.25, -0.2) is 4.79 Å². The first kappa shape index (κ1) is 15.8. The van der Waals surface area contributed by atoms with Gasteiger partial charge in [0.15, 0.2) is 6.61 Å². The predicted octanol–water partition coefficient (Wildman–Crippen LogP) is 2.84. The van der Waals surface area contributed by atoms with Gasteiger partial charge in [0.2, 0.25) is 0 Å². The van der Waals surface area contributed by atoms with Crippen molar-refractivity contribution in [2.24, 2.45) is 0 Å². The number of carbonyl (C=O) groups is 2. The molecule has 0 heterocycles. The van der Waals surface area contributed by atoms with Crippen LogP contribution in [0.1, 0.15) is 33.5 Å². The van der Waals surface area contributed by atoms with Gasteiger partial charge in [0.05, 0.1) is 16.8 Å².